The average Bonchev–Trinajstić information content (AvgIpc) is 3.32. The third-order valence-electron chi connectivity index (χ3n) is 13.7. The van der Waals surface area contributed by atoms with E-state index in [1.54, 1.807) is 0 Å². The summed E-state index contributed by atoms with van der Waals surface area (Å²) in [5.74, 6) is -0.470. The molecule has 0 heterocycles. The summed E-state index contributed by atoms with van der Waals surface area (Å²) in [4.78, 5) is 26.3. The Morgan fingerprint density at radius 2 is 0.806 bits per heavy atom. The van der Waals surface area contributed by atoms with Gasteiger partial charge in [-0.3, -0.25) is 9.59 Å². The Bertz CT molecular complexity index is 1100. The summed E-state index contributed by atoms with van der Waals surface area (Å²) in [5.41, 5.74) is 0. The summed E-state index contributed by atoms with van der Waals surface area (Å²) in [6.45, 7) is 6.42. The summed E-state index contributed by atoms with van der Waals surface area (Å²) in [7, 11) is 0. The number of hydrogen-bond donors (Lipinski definition) is 3. The molecule has 394 valence electrons. The highest BCUT2D eigenvalue weighted by Gasteiger charge is 2.24. The van der Waals surface area contributed by atoms with Crippen LogP contribution in [-0.4, -0.2) is 46.9 Å². The van der Waals surface area contributed by atoms with Gasteiger partial charge in [-0.15, -0.1) is 0 Å². The Morgan fingerprint density at radius 1 is 0.448 bits per heavy atom. The van der Waals surface area contributed by atoms with Crippen LogP contribution < -0.4 is 5.32 Å². The molecule has 0 rings (SSSR count). The van der Waals surface area contributed by atoms with Crippen LogP contribution in [0.1, 0.15) is 316 Å². The predicted octanol–water partition coefficient (Wildman–Crippen LogP) is 18.4. The van der Waals surface area contributed by atoms with Gasteiger partial charge in [-0.2, -0.15) is 0 Å². The van der Waals surface area contributed by atoms with Gasteiger partial charge in [0.15, 0.2) is 0 Å². The minimum Gasteiger partial charge on any atom is -0.462 e. The van der Waals surface area contributed by atoms with Gasteiger partial charge in [0, 0.05) is 6.42 Å². The third kappa shape index (κ3) is 50.3. The molecule has 0 spiro atoms. The molecule has 0 aliphatic rings. The first-order chi connectivity index (χ1) is 33.0. The molecule has 0 aromatic carbocycles. The minimum absolute atomic E-state index is 0.0771. The van der Waals surface area contributed by atoms with E-state index in [9.17, 15) is 19.8 Å². The van der Waals surface area contributed by atoms with Crippen molar-refractivity contribution >= 4 is 11.9 Å². The normalized spacial score (nSPS) is 13.3. The summed E-state index contributed by atoms with van der Waals surface area (Å²) >= 11 is 0. The van der Waals surface area contributed by atoms with Crippen molar-refractivity contribution in [1.82, 2.24) is 5.32 Å². The summed E-state index contributed by atoms with van der Waals surface area (Å²) in [6, 6.07) is -0.702. The number of rotatable bonds is 54. The number of nitrogens with one attached hydrogen (secondary N) is 1. The lowest BCUT2D eigenvalue weighted by Gasteiger charge is -2.24. The van der Waals surface area contributed by atoms with Gasteiger partial charge in [0.25, 0.3) is 0 Å². The van der Waals surface area contributed by atoms with Crippen molar-refractivity contribution in [2.45, 2.75) is 334 Å². The monoisotopic (exact) mass is 942 g/mol. The molecule has 6 heteroatoms. The van der Waals surface area contributed by atoms with Crippen LogP contribution >= 0.6 is 0 Å². The number of esters is 1. The maximum absolute atomic E-state index is 13.3. The van der Waals surface area contributed by atoms with Crippen LogP contribution in [0.5, 0.6) is 0 Å². The molecule has 0 radical (unpaired) electrons. The first kappa shape index (κ1) is 65.1. The molecule has 1 amide bonds. The topological polar surface area (TPSA) is 95.9 Å². The standard InChI is InChI=1S/C61H115NO5/c1-4-7-10-13-16-19-22-25-28-30-32-35-38-41-44-47-50-53-59(64)58(56-63)62-60(65)55-57(52-49-46-43-40-37-34-31-27-24-21-18-15-12-9-6-3)67-61(66)54-51-48-45-42-39-36-33-29-26-23-20-17-14-11-8-5-2/h8,11,17,20,26,29,57-59,63-64H,4-7,9-10,12-16,18-19,21-25,27-28,30-56H2,1-3H3,(H,62,65)/b11-8+,20-17+,29-26+. The third-order valence-corrected chi connectivity index (χ3v) is 13.7. The molecule has 3 atom stereocenters. The molecule has 0 aliphatic carbocycles. The van der Waals surface area contributed by atoms with Crippen LogP contribution in [-0.2, 0) is 14.3 Å². The van der Waals surface area contributed by atoms with E-state index < -0.39 is 18.2 Å². The number of unbranched alkanes of at least 4 members (excludes halogenated alkanes) is 36. The van der Waals surface area contributed by atoms with Gasteiger partial charge in [-0.25, -0.2) is 0 Å². The molecule has 0 aliphatic heterocycles. The van der Waals surface area contributed by atoms with Gasteiger partial charge in [-0.05, 0) is 57.8 Å². The van der Waals surface area contributed by atoms with Gasteiger partial charge in [0.1, 0.15) is 6.10 Å². The van der Waals surface area contributed by atoms with E-state index in [0.29, 0.717) is 19.3 Å². The lowest BCUT2D eigenvalue weighted by atomic mass is 10.0. The van der Waals surface area contributed by atoms with Crippen molar-refractivity contribution in [3.8, 4) is 0 Å². The summed E-state index contributed by atoms with van der Waals surface area (Å²) < 4.78 is 5.97. The summed E-state index contributed by atoms with van der Waals surface area (Å²) in [6.07, 6.45) is 66.4. The Labute approximate surface area is 417 Å². The Hall–Kier alpha value is -1.92. The minimum atomic E-state index is -0.788. The number of aliphatic hydroxyl groups excluding tert-OH is 2. The van der Waals surface area contributed by atoms with Crippen LogP contribution in [0.3, 0.4) is 0 Å². The van der Waals surface area contributed by atoms with E-state index in [1.165, 1.54) is 199 Å². The zero-order valence-corrected chi connectivity index (χ0v) is 45.0. The zero-order valence-electron chi connectivity index (χ0n) is 45.0. The van der Waals surface area contributed by atoms with Gasteiger partial charge in [-0.1, -0.05) is 282 Å². The number of hydrogen-bond acceptors (Lipinski definition) is 5. The number of amides is 1. The molecule has 0 bridgehead atoms. The second kappa shape index (κ2) is 55.0. The SMILES string of the molecule is CC/C=C/C/C=C/C/C=C/CCCCCCCCC(=O)OC(CCCCCCCCCCCCCCCCC)CC(=O)NC(CO)C(O)CCCCCCCCCCCCCCCCCCC. The fraction of sp³-hybridized carbons (Fsp3) is 0.869. The molecule has 0 aromatic heterocycles. The van der Waals surface area contributed by atoms with Crippen LogP contribution in [0.15, 0.2) is 36.5 Å². The lowest BCUT2D eigenvalue weighted by Crippen LogP contribution is -2.46. The molecule has 0 aromatic rings. The van der Waals surface area contributed by atoms with Crippen molar-refractivity contribution in [3.63, 3.8) is 0 Å². The van der Waals surface area contributed by atoms with Crippen molar-refractivity contribution in [2.75, 3.05) is 6.61 Å². The fourth-order valence-electron chi connectivity index (χ4n) is 9.27. The number of aliphatic hydroxyl groups is 2. The Balaban J connectivity index is 4.51. The van der Waals surface area contributed by atoms with Gasteiger partial charge in [0.2, 0.25) is 5.91 Å². The quantitative estimate of drug-likeness (QED) is 0.0321. The van der Waals surface area contributed by atoms with E-state index in [1.807, 2.05) is 0 Å². The molecule has 3 N–H and O–H groups in total. The van der Waals surface area contributed by atoms with Crippen LogP contribution in [0.25, 0.3) is 0 Å². The Kier molecular flexibility index (Phi) is 53.4. The largest absolute Gasteiger partial charge is 0.462 e. The first-order valence-corrected chi connectivity index (χ1v) is 29.7. The molecule has 0 saturated heterocycles. The van der Waals surface area contributed by atoms with E-state index >= 15 is 0 Å². The number of ether oxygens (including phenoxy) is 1. The van der Waals surface area contributed by atoms with Gasteiger partial charge >= 0.3 is 5.97 Å². The molecule has 0 saturated carbocycles. The molecule has 3 unspecified atom stereocenters. The van der Waals surface area contributed by atoms with Crippen molar-refractivity contribution < 1.29 is 24.5 Å². The number of carbonyl (C=O) groups is 2. The van der Waals surface area contributed by atoms with Crippen molar-refractivity contribution in [1.29, 1.82) is 0 Å². The van der Waals surface area contributed by atoms with Gasteiger partial charge < -0.3 is 20.3 Å². The van der Waals surface area contributed by atoms with Crippen LogP contribution in [0.2, 0.25) is 0 Å². The second-order valence-corrected chi connectivity index (χ2v) is 20.4. The van der Waals surface area contributed by atoms with Crippen molar-refractivity contribution in [2.24, 2.45) is 0 Å². The number of allylic oxidation sites excluding steroid dienone is 6. The summed E-state index contributed by atoms with van der Waals surface area (Å²) in [5, 5.41) is 23.9. The molecule has 6 nitrogen and oxygen atoms in total. The second-order valence-electron chi connectivity index (χ2n) is 20.4. The Morgan fingerprint density at radius 3 is 1.22 bits per heavy atom. The van der Waals surface area contributed by atoms with Crippen LogP contribution in [0, 0.1) is 0 Å². The van der Waals surface area contributed by atoms with E-state index in [4.69, 9.17) is 4.74 Å². The van der Waals surface area contributed by atoms with Crippen LogP contribution in [0.4, 0.5) is 0 Å². The maximum atomic E-state index is 13.3. The maximum Gasteiger partial charge on any atom is 0.306 e. The number of carbonyl (C=O) groups excluding carboxylic acids is 2. The predicted molar refractivity (Wildman–Crippen MR) is 292 cm³/mol. The smallest absolute Gasteiger partial charge is 0.306 e. The molecular weight excluding hydrogens is 827 g/mol. The van der Waals surface area contributed by atoms with Crippen molar-refractivity contribution in [3.05, 3.63) is 36.5 Å². The molecular formula is C61H115NO5. The lowest BCUT2D eigenvalue weighted by molar-refractivity contribution is -0.151. The first-order valence-electron chi connectivity index (χ1n) is 29.7. The van der Waals surface area contributed by atoms with E-state index in [-0.39, 0.29) is 24.9 Å². The van der Waals surface area contributed by atoms with E-state index in [2.05, 4.69) is 62.5 Å². The van der Waals surface area contributed by atoms with Gasteiger partial charge in [0.05, 0.1) is 25.2 Å². The average molecular weight is 943 g/mol. The zero-order chi connectivity index (χ0) is 48.8. The fourth-order valence-corrected chi connectivity index (χ4v) is 9.27. The van der Waals surface area contributed by atoms with E-state index in [0.717, 1.165) is 70.6 Å². The highest BCUT2D eigenvalue weighted by Crippen LogP contribution is 2.19. The molecule has 67 heavy (non-hydrogen) atoms. The highest BCUT2D eigenvalue weighted by atomic mass is 16.5. The highest BCUT2D eigenvalue weighted by molar-refractivity contribution is 5.77. The molecule has 0 fully saturated rings.